The lowest BCUT2D eigenvalue weighted by Gasteiger charge is -2.09. The van der Waals surface area contributed by atoms with Crippen LogP contribution in [0.5, 0.6) is 5.75 Å². The van der Waals surface area contributed by atoms with E-state index in [0.29, 0.717) is 12.5 Å². The van der Waals surface area contributed by atoms with Gasteiger partial charge in [0.05, 0.1) is 13.7 Å². The molecule has 0 amide bonds. The number of carbonyl (C=O) groups excluding carboxylic acids is 1. The number of carbonyl (C=O) groups is 1. The van der Waals surface area contributed by atoms with Gasteiger partial charge in [-0.25, -0.2) is 13.6 Å². The van der Waals surface area contributed by atoms with Crippen molar-refractivity contribution in [1.82, 2.24) is 0 Å². The van der Waals surface area contributed by atoms with E-state index < -0.39 is 34.7 Å². The maximum atomic E-state index is 14.0. The number of hydrogen-bond acceptors (Lipinski definition) is 3. The zero-order valence-electron chi connectivity index (χ0n) is 17.1. The lowest BCUT2D eigenvalue weighted by atomic mass is 10.1. The number of esters is 1. The van der Waals surface area contributed by atoms with Crippen LogP contribution < -0.4 is 4.74 Å². The standard InChI is InChI=1S/C22H33F3O3/c1-3-4-5-6-7-8-9-10-11-12-13-14-15-28-22(26)17-16-18(23)20(25)21(27-2)19(17)24/h16H,3-15H2,1-2H3. The summed E-state index contributed by atoms with van der Waals surface area (Å²) in [6, 6.07) is 0.498. The molecule has 0 aliphatic heterocycles. The van der Waals surface area contributed by atoms with Crippen LogP contribution in [-0.2, 0) is 4.74 Å². The average molecular weight is 402 g/mol. The van der Waals surface area contributed by atoms with Crippen molar-refractivity contribution < 1.29 is 27.4 Å². The Labute approximate surface area is 166 Å². The van der Waals surface area contributed by atoms with Crippen LogP contribution in [0.4, 0.5) is 13.2 Å². The summed E-state index contributed by atoms with van der Waals surface area (Å²) in [5.41, 5.74) is -0.658. The maximum Gasteiger partial charge on any atom is 0.341 e. The molecule has 0 heterocycles. The molecule has 0 unspecified atom stereocenters. The minimum atomic E-state index is -1.46. The van der Waals surface area contributed by atoms with E-state index in [1.54, 1.807) is 0 Å². The second-order valence-corrected chi connectivity index (χ2v) is 7.09. The molecule has 1 rings (SSSR count). The van der Waals surface area contributed by atoms with Gasteiger partial charge in [0.15, 0.2) is 17.4 Å². The zero-order chi connectivity index (χ0) is 20.8. The van der Waals surface area contributed by atoms with Crippen molar-refractivity contribution >= 4 is 5.97 Å². The molecule has 0 N–H and O–H groups in total. The molecule has 0 bridgehead atoms. The number of methoxy groups -OCH3 is 1. The highest BCUT2D eigenvalue weighted by Gasteiger charge is 2.24. The summed E-state index contributed by atoms with van der Waals surface area (Å²) in [4.78, 5) is 11.9. The maximum absolute atomic E-state index is 14.0. The van der Waals surface area contributed by atoms with Gasteiger partial charge in [0.25, 0.3) is 0 Å². The first-order chi connectivity index (χ1) is 13.5. The van der Waals surface area contributed by atoms with Crippen molar-refractivity contribution in [3.63, 3.8) is 0 Å². The summed E-state index contributed by atoms with van der Waals surface area (Å²) in [5, 5.41) is 0. The van der Waals surface area contributed by atoms with E-state index in [2.05, 4.69) is 11.7 Å². The van der Waals surface area contributed by atoms with E-state index in [1.807, 2.05) is 0 Å². The van der Waals surface area contributed by atoms with Gasteiger partial charge in [0.1, 0.15) is 5.56 Å². The first kappa shape index (κ1) is 24.3. The molecule has 28 heavy (non-hydrogen) atoms. The van der Waals surface area contributed by atoms with Gasteiger partial charge in [-0.15, -0.1) is 0 Å². The second kappa shape index (κ2) is 14.3. The molecular weight excluding hydrogens is 369 g/mol. The number of benzene rings is 1. The van der Waals surface area contributed by atoms with E-state index >= 15 is 0 Å². The first-order valence-electron chi connectivity index (χ1n) is 10.4. The second-order valence-electron chi connectivity index (χ2n) is 7.09. The molecule has 1 aromatic carbocycles. The SMILES string of the molecule is CCCCCCCCCCCCCCOC(=O)c1cc(F)c(F)c(OC)c1F. The quantitative estimate of drug-likeness (QED) is 0.180. The third-order valence-electron chi connectivity index (χ3n) is 4.77. The Balaban J connectivity index is 2.14. The van der Waals surface area contributed by atoms with E-state index in [0.717, 1.165) is 26.4 Å². The topological polar surface area (TPSA) is 35.5 Å². The lowest BCUT2D eigenvalue weighted by molar-refractivity contribution is 0.0490. The molecule has 0 saturated heterocycles. The van der Waals surface area contributed by atoms with Crippen LogP contribution >= 0.6 is 0 Å². The van der Waals surface area contributed by atoms with Crippen LogP contribution in [0.25, 0.3) is 0 Å². The van der Waals surface area contributed by atoms with Crippen molar-refractivity contribution in [2.45, 2.75) is 84.0 Å². The monoisotopic (exact) mass is 402 g/mol. The Hall–Kier alpha value is -1.72. The minimum absolute atomic E-state index is 0.122. The number of hydrogen-bond donors (Lipinski definition) is 0. The van der Waals surface area contributed by atoms with Gasteiger partial charge < -0.3 is 9.47 Å². The summed E-state index contributed by atoms with van der Waals surface area (Å²) >= 11 is 0. The van der Waals surface area contributed by atoms with Crippen LogP contribution in [-0.4, -0.2) is 19.7 Å². The third-order valence-corrected chi connectivity index (χ3v) is 4.77. The van der Waals surface area contributed by atoms with Crippen molar-refractivity contribution in [1.29, 1.82) is 0 Å². The van der Waals surface area contributed by atoms with Crippen molar-refractivity contribution in [2.75, 3.05) is 13.7 Å². The van der Waals surface area contributed by atoms with Crippen LogP contribution in [0.1, 0.15) is 94.3 Å². The van der Waals surface area contributed by atoms with Gasteiger partial charge in [0, 0.05) is 0 Å². The molecule has 6 heteroatoms. The third kappa shape index (κ3) is 8.53. The summed E-state index contributed by atoms with van der Waals surface area (Å²) in [7, 11) is 1.00. The van der Waals surface area contributed by atoms with Gasteiger partial charge in [-0.05, 0) is 12.5 Å². The lowest BCUT2D eigenvalue weighted by Crippen LogP contribution is -2.11. The smallest absolute Gasteiger partial charge is 0.341 e. The Morgan fingerprint density at radius 1 is 0.821 bits per heavy atom. The fourth-order valence-electron chi connectivity index (χ4n) is 3.09. The molecule has 3 nitrogen and oxygen atoms in total. The van der Waals surface area contributed by atoms with Crippen LogP contribution in [0, 0.1) is 17.5 Å². The first-order valence-corrected chi connectivity index (χ1v) is 10.4. The predicted octanol–water partition coefficient (Wildman–Crippen LogP) is 6.97. The Kier molecular flexibility index (Phi) is 12.4. The molecule has 1 aromatic rings. The summed E-state index contributed by atoms with van der Waals surface area (Å²) < 4.78 is 50.3. The fraction of sp³-hybridized carbons (Fsp3) is 0.682. The van der Waals surface area contributed by atoms with Crippen LogP contribution in [0.15, 0.2) is 6.07 Å². The number of halogens is 3. The Bertz CT molecular complexity index is 591. The van der Waals surface area contributed by atoms with Gasteiger partial charge in [-0.2, -0.15) is 4.39 Å². The van der Waals surface area contributed by atoms with Crippen LogP contribution in [0.3, 0.4) is 0 Å². The van der Waals surface area contributed by atoms with Gasteiger partial charge in [-0.1, -0.05) is 77.6 Å². The fourth-order valence-corrected chi connectivity index (χ4v) is 3.09. The molecule has 0 aliphatic carbocycles. The highest BCUT2D eigenvalue weighted by Crippen LogP contribution is 2.27. The molecular formula is C22H33F3O3. The normalized spacial score (nSPS) is 10.9. The molecule has 0 spiro atoms. The molecule has 0 atom stereocenters. The number of ether oxygens (including phenoxy) is 2. The highest BCUT2D eigenvalue weighted by molar-refractivity contribution is 5.90. The van der Waals surface area contributed by atoms with Crippen molar-refractivity contribution in [3.05, 3.63) is 29.1 Å². The molecule has 0 radical (unpaired) electrons. The van der Waals surface area contributed by atoms with E-state index in [4.69, 9.17) is 4.74 Å². The van der Waals surface area contributed by atoms with Gasteiger partial charge in [-0.3, -0.25) is 0 Å². The summed E-state index contributed by atoms with van der Waals surface area (Å²) in [6.07, 6.45) is 14.2. The molecule has 0 fully saturated rings. The Morgan fingerprint density at radius 2 is 1.32 bits per heavy atom. The molecule has 160 valence electrons. The summed E-state index contributed by atoms with van der Waals surface area (Å²) in [5.74, 6) is -6.00. The molecule has 0 saturated carbocycles. The molecule has 0 aliphatic rings. The van der Waals surface area contributed by atoms with E-state index in [1.165, 1.54) is 51.4 Å². The van der Waals surface area contributed by atoms with Crippen molar-refractivity contribution in [3.8, 4) is 5.75 Å². The zero-order valence-corrected chi connectivity index (χ0v) is 17.1. The van der Waals surface area contributed by atoms with Gasteiger partial charge in [0.2, 0.25) is 5.82 Å². The summed E-state index contributed by atoms with van der Waals surface area (Å²) in [6.45, 7) is 2.34. The Morgan fingerprint density at radius 3 is 1.82 bits per heavy atom. The van der Waals surface area contributed by atoms with Crippen molar-refractivity contribution in [2.24, 2.45) is 0 Å². The van der Waals surface area contributed by atoms with E-state index in [9.17, 15) is 18.0 Å². The largest absolute Gasteiger partial charge is 0.491 e. The predicted molar refractivity (Wildman–Crippen MR) is 104 cm³/mol. The van der Waals surface area contributed by atoms with Gasteiger partial charge >= 0.3 is 5.97 Å². The highest BCUT2D eigenvalue weighted by atomic mass is 19.2. The minimum Gasteiger partial charge on any atom is -0.491 e. The number of unbranched alkanes of at least 4 members (excludes halogenated alkanes) is 11. The van der Waals surface area contributed by atoms with Crippen LogP contribution in [0.2, 0.25) is 0 Å². The number of rotatable bonds is 15. The average Bonchev–Trinajstić information content (AvgIpc) is 2.68. The van der Waals surface area contributed by atoms with E-state index in [-0.39, 0.29) is 6.61 Å². The molecule has 0 aromatic heterocycles.